The van der Waals surface area contributed by atoms with E-state index in [0.717, 1.165) is 5.39 Å². The fourth-order valence-corrected chi connectivity index (χ4v) is 5.00. The van der Waals surface area contributed by atoms with E-state index in [1.807, 2.05) is 24.3 Å². The lowest BCUT2D eigenvalue weighted by molar-refractivity contribution is -0.150. The highest BCUT2D eigenvalue weighted by molar-refractivity contribution is 14.1. The first-order valence-electron chi connectivity index (χ1n) is 12.7. The number of fused-ring (bicyclic) bond motifs is 2. The van der Waals surface area contributed by atoms with Crippen molar-refractivity contribution in [3.63, 3.8) is 0 Å². The molecule has 2 heterocycles. The third kappa shape index (κ3) is 5.62. The number of hydrogen-bond donors (Lipinski definition) is 0. The average Bonchev–Trinajstić information content (AvgIpc) is 3.42. The standard InChI is InChI=1S/C30H26IN3O7/c1-5-39-30(36)17(2)40-27-21(31)13-18(14-25(27)38-4)16-32-34-28(33-22-10-7-6-9-19(22)29(34)35)26-15-20-23(37-3)11-8-12-24(20)41-26/h6-17H,5H2,1-4H3/t17-/m1/s1. The smallest absolute Gasteiger partial charge is 0.347 e. The van der Waals surface area contributed by atoms with Crippen molar-refractivity contribution in [3.8, 4) is 28.8 Å². The zero-order valence-corrected chi connectivity index (χ0v) is 24.9. The van der Waals surface area contributed by atoms with Crippen LogP contribution in [0, 0.1) is 3.57 Å². The first-order chi connectivity index (χ1) is 19.8. The van der Waals surface area contributed by atoms with Gasteiger partial charge in [-0.25, -0.2) is 9.78 Å². The molecule has 0 radical (unpaired) electrons. The number of carbonyl (C=O) groups excluding carboxylic acids is 1. The van der Waals surface area contributed by atoms with Crippen LogP contribution >= 0.6 is 22.6 Å². The first kappa shape index (κ1) is 28.1. The fourth-order valence-electron chi connectivity index (χ4n) is 4.25. The summed E-state index contributed by atoms with van der Waals surface area (Å²) in [5.74, 6) is 1.53. The number of para-hydroxylation sites is 1. The minimum absolute atomic E-state index is 0.230. The van der Waals surface area contributed by atoms with E-state index in [1.165, 1.54) is 18.0 Å². The quantitative estimate of drug-likeness (QED) is 0.113. The molecule has 41 heavy (non-hydrogen) atoms. The zero-order chi connectivity index (χ0) is 29.1. The molecule has 1 atom stereocenters. The Morgan fingerprint density at radius 3 is 2.61 bits per heavy atom. The summed E-state index contributed by atoms with van der Waals surface area (Å²) in [4.78, 5) is 30.4. The molecule has 0 aliphatic carbocycles. The largest absolute Gasteiger partial charge is 0.496 e. The molecule has 0 fully saturated rings. The maximum atomic E-state index is 13.6. The Labute approximate surface area is 248 Å². The molecular weight excluding hydrogens is 641 g/mol. The van der Waals surface area contributed by atoms with Gasteiger partial charge >= 0.3 is 5.97 Å². The van der Waals surface area contributed by atoms with Gasteiger partial charge < -0.3 is 23.4 Å². The summed E-state index contributed by atoms with van der Waals surface area (Å²) >= 11 is 2.09. The van der Waals surface area contributed by atoms with Gasteiger partial charge in [0.2, 0.25) is 5.82 Å². The molecule has 3 aromatic carbocycles. The van der Waals surface area contributed by atoms with Gasteiger partial charge in [-0.15, -0.1) is 0 Å². The van der Waals surface area contributed by atoms with Crippen molar-refractivity contribution in [2.45, 2.75) is 20.0 Å². The van der Waals surface area contributed by atoms with Crippen molar-refractivity contribution in [1.29, 1.82) is 0 Å². The third-order valence-electron chi connectivity index (χ3n) is 6.20. The molecule has 0 N–H and O–H groups in total. The number of esters is 1. The lowest BCUT2D eigenvalue weighted by atomic mass is 10.2. The molecular formula is C30H26IN3O7. The number of carbonyl (C=O) groups is 1. The Balaban J connectivity index is 1.59. The molecule has 5 rings (SSSR count). The highest BCUT2D eigenvalue weighted by Crippen LogP contribution is 2.35. The highest BCUT2D eigenvalue weighted by Gasteiger charge is 2.21. The van der Waals surface area contributed by atoms with E-state index in [4.69, 9.17) is 28.3 Å². The van der Waals surface area contributed by atoms with Gasteiger partial charge in [0.25, 0.3) is 5.56 Å². The lowest BCUT2D eigenvalue weighted by Crippen LogP contribution is -2.26. The number of methoxy groups -OCH3 is 2. The van der Waals surface area contributed by atoms with Crippen molar-refractivity contribution in [2.75, 3.05) is 20.8 Å². The van der Waals surface area contributed by atoms with Crippen molar-refractivity contribution in [3.05, 3.63) is 80.2 Å². The molecule has 0 unspecified atom stereocenters. The minimum Gasteiger partial charge on any atom is -0.496 e. The topological polar surface area (TPSA) is 114 Å². The number of halogens is 1. The van der Waals surface area contributed by atoms with E-state index in [0.29, 0.717) is 48.6 Å². The zero-order valence-electron chi connectivity index (χ0n) is 22.7. The van der Waals surface area contributed by atoms with Crippen LogP contribution in [-0.4, -0.2) is 48.8 Å². The lowest BCUT2D eigenvalue weighted by Gasteiger charge is -2.17. The van der Waals surface area contributed by atoms with Crippen LogP contribution in [0.4, 0.5) is 0 Å². The normalized spacial score (nSPS) is 12.1. The van der Waals surface area contributed by atoms with Crippen LogP contribution in [0.15, 0.2) is 75.0 Å². The van der Waals surface area contributed by atoms with E-state index < -0.39 is 12.1 Å². The average molecular weight is 667 g/mol. The summed E-state index contributed by atoms with van der Waals surface area (Å²) in [6, 6.07) is 17.8. The van der Waals surface area contributed by atoms with Gasteiger partial charge in [0.1, 0.15) is 11.3 Å². The molecule has 11 heteroatoms. The minimum atomic E-state index is -0.830. The van der Waals surface area contributed by atoms with Crippen molar-refractivity contribution in [2.24, 2.45) is 5.10 Å². The molecule has 5 aromatic rings. The molecule has 2 aromatic heterocycles. The van der Waals surface area contributed by atoms with Gasteiger partial charge in [-0.05, 0) is 84.5 Å². The number of aromatic nitrogens is 2. The summed E-state index contributed by atoms with van der Waals surface area (Å²) in [5.41, 5.74) is 1.36. The monoisotopic (exact) mass is 667 g/mol. The predicted molar refractivity (Wildman–Crippen MR) is 163 cm³/mol. The van der Waals surface area contributed by atoms with E-state index in [9.17, 15) is 9.59 Å². The van der Waals surface area contributed by atoms with Crippen LogP contribution in [-0.2, 0) is 9.53 Å². The van der Waals surface area contributed by atoms with Gasteiger partial charge in [-0.2, -0.15) is 9.78 Å². The van der Waals surface area contributed by atoms with Crippen molar-refractivity contribution < 1.29 is 28.2 Å². The Kier molecular flexibility index (Phi) is 8.24. The Morgan fingerprint density at radius 1 is 1.07 bits per heavy atom. The van der Waals surface area contributed by atoms with E-state index in [1.54, 1.807) is 57.4 Å². The van der Waals surface area contributed by atoms with Crippen LogP contribution in [0.25, 0.3) is 33.5 Å². The summed E-state index contributed by atoms with van der Waals surface area (Å²) < 4.78 is 29.9. The van der Waals surface area contributed by atoms with E-state index in [-0.39, 0.29) is 18.0 Å². The first-order valence-corrected chi connectivity index (χ1v) is 13.8. The molecule has 0 spiro atoms. The molecule has 0 saturated heterocycles. The van der Waals surface area contributed by atoms with Crippen LogP contribution in [0.3, 0.4) is 0 Å². The number of hydrogen-bond acceptors (Lipinski definition) is 9. The van der Waals surface area contributed by atoms with Gasteiger partial charge in [-0.3, -0.25) is 4.79 Å². The number of rotatable bonds is 9. The van der Waals surface area contributed by atoms with E-state index >= 15 is 0 Å². The van der Waals surface area contributed by atoms with Gasteiger partial charge in [0, 0.05) is 0 Å². The second-order valence-electron chi connectivity index (χ2n) is 8.84. The highest BCUT2D eigenvalue weighted by atomic mass is 127. The molecule has 0 amide bonds. The molecule has 10 nitrogen and oxygen atoms in total. The summed E-state index contributed by atoms with van der Waals surface area (Å²) in [7, 11) is 3.08. The summed E-state index contributed by atoms with van der Waals surface area (Å²) in [6.07, 6.45) is 0.692. The van der Waals surface area contributed by atoms with E-state index in [2.05, 4.69) is 27.7 Å². The predicted octanol–water partition coefficient (Wildman–Crippen LogP) is 5.64. The van der Waals surface area contributed by atoms with Crippen LogP contribution in [0.2, 0.25) is 0 Å². The third-order valence-corrected chi connectivity index (χ3v) is 7.00. The van der Waals surface area contributed by atoms with Gasteiger partial charge in [-0.1, -0.05) is 18.2 Å². The van der Waals surface area contributed by atoms with Crippen LogP contribution < -0.4 is 19.8 Å². The van der Waals surface area contributed by atoms with Crippen molar-refractivity contribution in [1.82, 2.24) is 9.66 Å². The maximum absolute atomic E-state index is 13.6. The summed E-state index contributed by atoms with van der Waals surface area (Å²) in [5, 5.41) is 5.68. The van der Waals surface area contributed by atoms with Crippen molar-refractivity contribution >= 4 is 56.6 Å². The fraction of sp³-hybridized carbons (Fsp3) is 0.200. The molecule has 0 aliphatic rings. The SMILES string of the molecule is CCOC(=O)[C@@H](C)Oc1c(I)cc(C=Nn2c(-c3cc4c(OC)cccc4o3)nc3ccccc3c2=O)cc1OC. The van der Waals surface area contributed by atoms with Crippen LogP contribution in [0.5, 0.6) is 17.2 Å². The van der Waals surface area contributed by atoms with Gasteiger partial charge in [0.05, 0.1) is 46.9 Å². The molecule has 0 aliphatic heterocycles. The molecule has 210 valence electrons. The van der Waals surface area contributed by atoms with Gasteiger partial charge in [0.15, 0.2) is 23.4 Å². The number of furan rings is 1. The number of nitrogens with zero attached hydrogens (tertiary/aromatic N) is 3. The number of benzene rings is 3. The van der Waals surface area contributed by atoms with Crippen LogP contribution in [0.1, 0.15) is 19.4 Å². The Morgan fingerprint density at radius 2 is 1.85 bits per heavy atom. The molecule has 0 saturated carbocycles. The second kappa shape index (κ2) is 12.0. The molecule has 0 bridgehead atoms. The Hall–Kier alpha value is -4.39. The number of ether oxygens (including phenoxy) is 4. The summed E-state index contributed by atoms with van der Waals surface area (Å²) in [6.45, 7) is 3.59. The Bertz CT molecular complexity index is 1840. The second-order valence-corrected chi connectivity index (χ2v) is 10.0. The maximum Gasteiger partial charge on any atom is 0.347 e.